The number of hydrogen-bond donors (Lipinski definition) is 3. The maximum Gasteiger partial charge on any atom is 0.169 e. The Morgan fingerprint density at radius 2 is 2.15 bits per heavy atom. The molecule has 4 atom stereocenters. The van der Waals surface area contributed by atoms with Crippen molar-refractivity contribution in [3.05, 3.63) is 69.2 Å². The maximum atomic E-state index is 14.8. The lowest BCUT2D eigenvalue weighted by Crippen LogP contribution is -2.28. The van der Waals surface area contributed by atoms with E-state index in [4.69, 9.17) is 5.73 Å². The summed E-state index contributed by atoms with van der Waals surface area (Å²) in [4.78, 5) is 16.4. The van der Waals surface area contributed by atoms with Gasteiger partial charge in [0.1, 0.15) is 5.92 Å². The van der Waals surface area contributed by atoms with E-state index in [1.165, 1.54) is 24.6 Å². The van der Waals surface area contributed by atoms with E-state index in [-0.39, 0.29) is 5.92 Å². The first-order valence-electron chi connectivity index (χ1n) is 16.4. The van der Waals surface area contributed by atoms with Gasteiger partial charge in [-0.1, -0.05) is 30.7 Å². The molecule has 4 rings (SSSR count). The highest BCUT2D eigenvalue weighted by atomic mass is 32.2. The Hall–Kier alpha value is -3.55. The topological polar surface area (TPSA) is 127 Å². The first kappa shape index (κ1) is 35.3. The van der Waals surface area contributed by atoms with Gasteiger partial charge in [-0.15, -0.1) is 0 Å². The molecule has 2 aliphatic heterocycles. The molecule has 3 unspecified atom stereocenters. The number of aromatic nitrogens is 1. The first-order chi connectivity index (χ1) is 22.2. The van der Waals surface area contributed by atoms with Gasteiger partial charge in [-0.2, -0.15) is 5.26 Å². The summed E-state index contributed by atoms with van der Waals surface area (Å²) in [6, 6.07) is 4.65. The number of rotatable bonds is 13. The van der Waals surface area contributed by atoms with Crippen molar-refractivity contribution in [3.63, 3.8) is 0 Å². The van der Waals surface area contributed by atoms with Crippen molar-refractivity contribution in [2.24, 2.45) is 27.6 Å². The quantitative estimate of drug-likeness (QED) is 0.151. The van der Waals surface area contributed by atoms with Gasteiger partial charge < -0.3 is 21.4 Å². The van der Waals surface area contributed by atoms with Crippen molar-refractivity contribution in [2.45, 2.75) is 90.1 Å². The molecule has 10 heteroatoms. The number of halogens is 1. The van der Waals surface area contributed by atoms with Crippen LogP contribution in [0.1, 0.15) is 82.8 Å². The molecule has 1 fully saturated rings. The summed E-state index contributed by atoms with van der Waals surface area (Å²) in [5, 5.41) is 22.6. The summed E-state index contributed by atoms with van der Waals surface area (Å²) in [5.74, 6) is -0.253. The summed E-state index contributed by atoms with van der Waals surface area (Å²) >= 11 is 1.23. The van der Waals surface area contributed by atoms with Crippen LogP contribution in [0.4, 0.5) is 4.39 Å². The Bertz CT molecular complexity index is 1480. The second-order valence-electron chi connectivity index (χ2n) is 12.5. The number of likely N-dealkylation sites (tertiary alicyclic amines) is 1. The predicted octanol–water partition coefficient (Wildman–Crippen LogP) is 7.47. The van der Waals surface area contributed by atoms with Crippen LogP contribution in [0.3, 0.4) is 0 Å². The molecule has 1 aliphatic carbocycles. The monoisotopic (exact) mass is 644 g/mol. The molecule has 3 aliphatic rings. The third-order valence-electron chi connectivity index (χ3n) is 9.51. The number of alkyl halides is 1. The van der Waals surface area contributed by atoms with Crippen LogP contribution in [0.25, 0.3) is 5.70 Å². The number of nitriles is 1. The fraction of sp³-hybridized carbons (Fsp3) is 0.528. The van der Waals surface area contributed by atoms with E-state index in [0.29, 0.717) is 29.8 Å². The van der Waals surface area contributed by atoms with Crippen LogP contribution in [0, 0.1) is 35.5 Å². The van der Waals surface area contributed by atoms with Crippen LogP contribution in [-0.4, -0.2) is 59.8 Å². The molecule has 3 heterocycles. The van der Waals surface area contributed by atoms with Crippen LogP contribution in [0.15, 0.2) is 68.0 Å². The van der Waals surface area contributed by atoms with Crippen LogP contribution in [0.5, 0.6) is 0 Å². The highest BCUT2D eigenvalue weighted by Gasteiger charge is 2.42. The number of aryl methyl sites for hydroxylation is 1. The summed E-state index contributed by atoms with van der Waals surface area (Å²) in [5.41, 5.74) is 12.0. The van der Waals surface area contributed by atoms with E-state index in [2.05, 4.69) is 58.9 Å². The fourth-order valence-corrected chi connectivity index (χ4v) is 8.17. The zero-order valence-corrected chi connectivity index (χ0v) is 28.6. The Kier molecular flexibility index (Phi) is 12.9. The van der Waals surface area contributed by atoms with Crippen LogP contribution in [-0.2, 0) is 0 Å². The van der Waals surface area contributed by atoms with Gasteiger partial charge in [-0.05, 0) is 113 Å². The molecule has 46 heavy (non-hydrogen) atoms. The summed E-state index contributed by atoms with van der Waals surface area (Å²) in [7, 11) is 2.18. The fourth-order valence-electron chi connectivity index (χ4n) is 6.88. The van der Waals surface area contributed by atoms with Gasteiger partial charge in [-0.25, -0.2) is 14.4 Å². The third-order valence-corrected chi connectivity index (χ3v) is 10.7. The zero-order chi connectivity index (χ0) is 33.2. The Labute approximate surface area is 278 Å². The Morgan fingerprint density at radius 1 is 1.35 bits per heavy atom. The molecule has 1 aromatic rings. The lowest BCUT2D eigenvalue weighted by atomic mass is 9.75. The van der Waals surface area contributed by atoms with Gasteiger partial charge in [0.2, 0.25) is 0 Å². The molecule has 0 saturated carbocycles. The third kappa shape index (κ3) is 8.62. The largest absolute Gasteiger partial charge is 0.397 e. The van der Waals surface area contributed by atoms with E-state index >= 15 is 0 Å². The number of amidine groups is 1. The number of aliphatic imine (C=N–C) groups is 2. The van der Waals surface area contributed by atoms with E-state index in [1.54, 1.807) is 18.6 Å². The summed E-state index contributed by atoms with van der Waals surface area (Å²) in [6.45, 7) is 11.4. The smallest absolute Gasteiger partial charge is 0.169 e. The second-order valence-corrected chi connectivity index (χ2v) is 13.7. The molecular formula is C36H49FN8S. The molecule has 0 bridgehead atoms. The molecule has 1 aromatic heterocycles. The predicted molar refractivity (Wildman–Crippen MR) is 190 cm³/mol. The van der Waals surface area contributed by atoms with Crippen LogP contribution in [0.2, 0.25) is 0 Å². The Morgan fingerprint density at radius 3 is 2.83 bits per heavy atom. The highest BCUT2D eigenvalue weighted by molar-refractivity contribution is 8.03. The van der Waals surface area contributed by atoms with Crippen LogP contribution >= 0.6 is 11.8 Å². The SMILES string of the molecule is C=NC(/C=C(/CCC1CCCN1C)NCC(=N)/C(CCC)=C(\C)[C@H]1CCCC2=C1C(C#N)C(F)S2)=N/C=C(\N)c1cnccc1C. The number of nitrogens with one attached hydrogen (secondary N) is 2. The molecule has 0 amide bonds. The average molecular weight is 645 g/mol. The number of nitrogens with zero attached hydrogens (tertiary/aromatic N) is 5. The number of nitrogens with two attached hydrogens (primary N) is 1. The molecule has 246 valence electrons. The van der Waals surface area contributed by atoms with Gasteiger partial charge in [0.25, 0.3) is 0 Å². The van der Waals surface area contributed by atoms with Gasteiger partial charge in [0.05, 0.1) is 30.2 Å². The lowest BCUT2D eigenvalue weighted by molar-refractivity contribution is 0.295. The average Bonchev–Trinajstić information content (AvgIpc) is 3.62. The minimum absolute atomic E-state index is 0.0147. The molecule has 1 saturated heterocycles. The maximum absolute atomic E-state index is 14.8. The molecule has 4 N–H and O–H groups in total. The lowest BCUT2D eigenvalue weighted by Gasteiger charge is -2.29. The van der Waals surface area contributed by atoms with Gasteiger partial charge in [0.15, 0.2) is 11.3 Å². The minimum atomic E-state index is -1.20. The number of hydrogen-bond acceptors (Lipinski definition) is 8. The van der Waals surface area contributed by atoms with Gasteiger partial charge in [-0.3, -0.25) is 4.98 Å². The molecule has 0 aromatic carbocycles. The highest BCUT2D eigenvalue weighted by Crippen LogP contribution is 2.53. The van der Waals surface area contributed by atoms with Crippen molar-refractivity contribution in [2.75, 3.05) is 20.1 Å². The van der Waals surface area contributed by atoms with E-state index < -0.39 is 11.4 Å². The van der Waals surface area contributed by atoms with E-state index in [0.717, 1.165) is 89.9 Å². The number of thioether (sulfide) groups is 1. The zero-order valence-electron chi connectivity index (χ0n) is 27.8. The van der Waals surface area contributed by atoms with Crippen molar-refractivity contribution in [1.29, 1.82) is 10.7 Å². The van der Waals surface area contributed by atoms with Crippen molar-refractivity contribution in [1.82, 2.24) is 15.2 Å². The number of pyridine rings is 1. The van der Waals surface area contributed by atoms with Crippen molar-refractivity contribution < 1.29 is 4.39 Å². The van der Waals surface area contributed by atoms with Crippen LogP contribution < -0.4 is 11.1 Å². The molecule has 0 radical (unpaired) electrons. The molecule has 0 spiro atoms. The Balaban J connectivity index is 1.58. The standard InChI is InChI=1S/C36H49FN8S/c1-6-9-27(24(3)28-11-7-12-33-35(28)29(19-38)36(37)46-33)31(39)21-43-25(13-14-26-10-8-17-45(26)5)18-34(41-4)44-22-32(40)30-20-42-16-15-23(30)2/h15-16,18,20,22,26,28-29,36,39,43H,4,6-14,17,21,40H2,1-3,5H3/b25-18-,27-24+,32-22-,39-31?,44-34+/t26?,28-,29?,36?/m1/s1. The summed E-state index contributed by atoms with van der Waals surface area (Å²) in [6.07, 6.45) is 15.5. The summed E-state index contributed by atoms with van der Waals surface area (Å²) < 4.78 is 14.8. The minimum Gasteiger partial charge on any atom is -0.397 e. The van der Waals surface area contributed by atoms with Crippen molar-refractivity contribution in [3.8, 4) is 6.07 Å². The normalized spacial score (nSPS) is 24.8. The molecular weight excluding hydrogens is 596 g/mol. The van der Waals surface area contributed by atoms with E-state index in [9.17, 15) is 15.1 Å². The first-order valence-corrected chi connectivity index (χ1v) is 17.3. The van der Waals surface area contributed by atoms with Crippen molar-refractivity contribution >= 4 is 35.7 Å². The number of allylic oxidation sites excluding steroid dienone is 4. The second kappa shape index (κ2) is 16.8. The van der Waals surface area contributed by atoms with Gasteiger partial charge in [0, 0.05) is 41.7 Å². The van der Waals surface area contributed by atoms with Gasteiger partial charge >= 0.3 is 0 Å². The molecule has 8 nitrogen and oxygen atoms in total. The van der Waals surface area contributed by atoms with E-state index in [1.807, 2.05) is 19.1 Å².